The van der Waals surface area contributed by atoms with Crippen LogP contribution in [0, 0.1) is 5.82 Å². The highest BCUT2D eigenvalue weighted by Gasteiger charge is 2.30. The van der Waals surface area contributed by atoms with E-state index in [-0.39, 0.29) is 11.8 Å². The Morgan fingerprint density at radius 2 is 2.03 bits per heavy atom. The van der Waals surface area contributed by atoms with E-state index in [1.807, 2.05) is 12.1 Å². The lowest BCUT2D eigenvalue weighted by Gasteiger charge is -2.22. The molecular formula is C25H23FN4O2. The van der Waals surface area contributed by atoms with Gasteiger partial charge < -0.3 is 10.5 Å². The van der Waals surface area contributed by atoms with Gasteiger partial charge in [0.25, 0.3) is 0 Å². The number of benzene rings is 2. The molecule has 4 aromatic rings. The van der Waals surface area contributed by atoms with Crippen molar-refractivity contribution in [1.82, 2.24) is 14.8 Å². The third-order valence-electron chi connectivity index (χ3n) is 6.56. The third-order valence-corrected chi connectivity index (χ3v) is 6.56. The van der Waals surface area contributed by atoms with Crippen LogP contribution in [0.4, 0.5) is 10.1 Å². The van der Waals surface area contributed by atoms with E-state index < -0.39 is 11.6 Å². The lowest BCUT2D eigenvalue weighted by Crippen LogP contribution is -2.18. The van der Waals surface area contributed by atoms with Gasteiger partial charge in [-0.1, -0.05) is 0 Å². The van der Waals surface area contributed by atoms with Gasteiger partial charge in [-0.15, -0.1) is 0 Å². The SMILES string of the molecule is Nc1c(C(=O)c2c(F)ccc3nn(C4CCCCO4)cc23)cc(C2CC2)c2ncccc12. The molecule has 2 aliphatic rings. The quantitative estimate of drug-likeness (QED) is 0.359. The van der Waals surface area contributed by atoms with Crippen molar-refractivity contribution in [2.75, 3.05) is 12.3 Å². The number of rotatable bonds is 4. The van der Waals surface area contributed by atoms with Crippen molar-refractivity contribution in [1.29, 1.82) is 0 Å². The van der Waals surface area contributed by atoms with Crippen molar-refractivity contribution in [3.8, 4) is 0 Å². The normalized spacial score (nSPS) is 19.0. The Balaban J connectivity index is 1.51. The average Bonchev–Trinajstić information content (AvgIpc) is 3.58. The molecule has 2 N–H and O–H groups in total. The number of nitrogen functional groups attached to an aromatic ring is 1. The van der Waals surface area contributed by atoms with Crippen LogP contribution in [0.5, 0.6) is 0 Å². The van der Waals surface area contributed by atoms with Crippen molar-refractivity contribution in [2.24, 2.45) is 0 Å². The number of fused-ring (bicyclic) bond motifs is 2. The first-order chi connectivity index (χ1) is 15.6. The number of halogens is 1. The van der Waals surface area contributed by atoms with Gasteiger partial charge in [-0.25, -0.2) is 9.07 Å². The van der Waals surface area contributed by atoms with Crippen molar-refractivity contribution >= 4 is 33.3 Å². The van der Waals surface area contributed by atoms with Gasteiger partial charge in [-0.05, 0) is 73.9 Å². The predicted molar refractivity (Wildman–Crippen MR) is 120 cm³/mol. The molecule has 6 nitrogen and oxygen atoms in total. The highest BCUT2D eigenvalue weighted by atomic mass is 19.1. The van der Waals surface area contributed by atoms with Gasteiger partial charge >= 0.3 is 0 Å². The summed E-state index contributed by atoms with van der Waals surface area (Å²) in [6, 6.07) is 8.39. The summed E-state index contributed by atoms with van der Waals surface area (Å²) in [6.45, 7) is 0.673. The number of ketones is 1. The van der Waals surface area contributed by atoms with Crippen molar-refractivity contribution < 1.29 is 13.9 Å². The molecule has 1 unspecified atom stereocenters. The van der Waals surface area contributed by atoms with Gasteiger partial charge in [-0.2, -0.15) is 5.10 Å². The van der Waals surface area contributed by atoms with Crippen molar-refractivity contribution in [3.63, 3.8) is 0 Å². The molecule has 32 heavy (non-hydrogen) atoms. The van der Waals surface area contributed by atoms with E-state index in [1.54, 1.807) is 29.2 Å². The van der Waals surface area contributed by atoms with Gasteiger partial charge in [0, 0.05) is 35.3 Å². The summed E-state index contributed by atoms with van der Waals surface area (Å²) in [7, 11) is 0. The number of anilines is 1. The number of ether oxygens (including phenoxy) is 1. The van der Waals surface area contributed by atoms with Crippen LogP contribution in [0.25, 0.3) is 21.8 Å². The summed E-state index contributed by atoms with van der Waals surface area (Å²) in [5.41, 5.74) is 9.49. The number of nitrogens with zero attached hydrogens (tertiary/aromatic N) is 3. The van der Waals surface area contributed by atoms with Crippen LogP contribution in [0.3, 0.4) is 0 Å². The molecule has 1 saturated carbocycles. The van der Waals surface area contributed by atoms with E-state index in [1.165, 1.54) is 6.07 Å². The highest BCUT2D eigenvalue weighted by molar-refractivity contribution is 6.21. The molecule has 0 radical (unpaired) electrons. The summed E-state index contributed by atoms with van der Waals surface area (Å²) in [5, 5.41) is 5.78. The second kappa shape index (κ2) is 7.38. The topological polar surface area (TPSA) is 83.0 Å². The van der Waals surface area contributed by atoms with E-state index in [0.717, 1.165) is 48.6 Å². The summed E-state index contributed by atoms with van der Waals surface area (Å²) in [5.74, 6) is -0.640. The number of hydrogen-bond acceptors (Lipinski definition) is 5. The average molecular weight is 430 g/mol. The van der Waals surface area contributed by atoms with E-state index in [4.69, 9.17) is 10.5 Å². The molecule has 1 saturated heterocycles. The van der Waals surface area contributed by atoms with Crippen LogP contribution < -0.4 is 5.73 Å². The first-order valence-electron chi connectivity index (χ1n) is 11.1. The zero-order valence-corrected chi connectivity index (χ0v) is 17.6. The molecule has 0 bridgehead atoms. The summed E-state index contributed by atoms with van der Waals surface area (Å²) in [4.78, 5) is 18.2. The Kier molecular flexibility index (Phi) is 4.47. The minimum Gasteiger partial charge on any atom is -0.398 e. The fourth-order valence-corrected chi connectivity index (χ4v) is 4.72. The van der Waals surface area contributed by atoms with Crippen molar-refractivity contribution in [2.45, 2.75) is 44.2 Å². The van der Waals surface area contributed by atoms with E-state index in [9.17, 15) is 4.79 Å². The number of carbonyl (C=O) groups is 1. The fourth-order valence-electron chi connectivity index (χ4n) is 4.72. The molecule has 0 amide bonds. The maximum Gasteiger partial charge on any atom is 0.198 e. The van der Waals surface area contributed by atoms with E-state index in [0.29, 0.717) is 34.7 Å². The number of pyridine rings is 1. The maximum atomic E-state index is 15.1. The van der Waals surface area contributed by atoms with Gasteiger partial charge in [0.15, 0.2) is 5.78 Å². The van der Waals surface area contributed by atoms with Crippen LogP contribution in [0.1, 0.15) is 65.7 Å². The van der Waals surface area contributed by atoms with Crippen molar-refractivity contribution in [3.05, 3.63) is 65.2 Å². The zero-order chi connectivity index (χ0) is 21.8. The molecule has 7 heteroatoms. The molecule has 2 aromatic carbocycles. The summed E-state index contributed by atoms with van der Waals surface area (Å²) < 4.78 is 22.6. The van der Waals surface area contributed by atoms with E-state index >= 15 is 4.39 Å². The lowest BCUT2D eigenvalue weighted by molar-refractivity contribution is -0.0390. The lowest BCUT2D eigenvalue weighted by atomic mass is 9.93. The van der Waals surface area contributed by atoms with Gasteiger partial charge in [-0.3, -0.25) is 9.78 Å². The van der Waals surface area contributed by atoms with Crippen LogP contribution in [-0.2, 0) is 4.74 Å². The van der Waals surface area contributed by atoms with Gasteiger partial charge in [0.2, 0.25) is 0 Å². The molecule has 2 aromatic heterocycles. The maximum absolute atomic E-state index is 15.1. The molecule has 1 aliphatic heterocycles. The number of carbonyl (C=O) groups excluding carboxylic acids is 1. The Hall–Kier alpha value is -3.32. The molecular weight excluding hydrogens is 407 g/mol. The molecule has 2 fully saturated rings. The Morgan fingerprint density at radius 1 is 1.16 bits per heavy atom. The molecule has 6 rings (SSSR count). The number of nitrogens with two attached hydrogens (primary N) is 1. The minimum atomic E-state index is -0.578. The van der Waals surface area contributed by atoms with Gasteiger partial charge in [0.05, 0.1) is 22.3 Å². The van der Waals surface area contributed by atoms with Crippen LogP contribution in [0.15, 0.2) is 42.7 Å². The largest absolute Gasteiger partial charge is 0.398 e. The van der Waals surface area contributed by atoms with Gasteiger partial charge in [0.1, 0.15) is 12.0 Å². The van der Waals surface area contributed by atoms with Crippen LogP contribution in [-0.4, -0.2) is 27.2 Å². The second-order valence-corrected chi connectivity index (χ2v) is 8.72. The smallest absolute Gasteiger partial charge is 0.198 e. The first-order valence-corrected chi connectivity index (χ1v) is 11.1. The second-order valence-electron chi connectivity index (χ2n) is 8.72. The molecule has 0 spiro atoms. The fraction of sp³-hybridized carbons (Fsp3) is 0.320. The molecule has 1 aliphatic carbocycles. The number of hydrogen-bond donors (Lipinski definition) is 1. The zero-order valence-electron chi connectivity index (χ0n) is 17.6. The molecule has 162 valence electrons. The Bertz CT molecular complexity index is 1370. The monoisotopic (exact) mass is 430 g/mol. The number of aromatic nitrogens is 3. The minimum absolute atomic E-state index is 0.00115. The first kappa shape index (κ1) is 19.4. The molecule has 1 atom stereocenters. The Morgan fingerprint density at radius 3 is 2.81 bits per heavy atom. The highest BCUT2D eigenvalue weighted by Crippen LogP contribution is 2.45. The predicted octanol–water partition coefficient (Wildman–Crippen LogP) is 5.11. The molecule has 3 heterocycles. The summed E-state index contributed by atoms with van der Waals surface area (Å²) >= 11 is 0. The Labute approximate surface area is 184 Å². The third kappa shape index (κ3) is 3.07. The standard InChI is InChI=1S/C25H23FN4O2/c26-19-8-9-20-18(13-30(29-20)21-5-1-2-11-32-21)22(19)25(31)17-12-16(14-6-7-14)24-15(23(17)27)4-3-10-28-24/h3-4,8-10,12-14,21H,1-2,5-7,11,27H2. The van der Waals surface area contributed by atoms with Crippen LogP contribution in [0.2, 0.25) is 0 Å². The van der Waals surface area contributed by atoms with Crippen LogP contribution >= 0.6 is 0 Å². The van der Waals surface area contributed by atoms with E-state index in [2.05, 4.69) is 10.1 Å². The summed E-state index contributed by atoms with van der Waals surface area (Å²) in [6.07, 6.45) is 8.29.